The fourth-order valence-corrected chi connectivity index (χ4v) is 3.52. The number of hydrogen-bond donors (Lipinski definition) is 0. The Balaban J connectivity index is 1.74. The summed E-state index contributed by atoms with van der Waals surface area (Å²) in [7, 11) is 3.19. The molecule has 0 N–H and O–H groups in total. The summed E-state index contributed by atoms with van der Waals surface area (Å²) in [5, 5.41) is 9.97. The number of carbonyl (C=O) groups is 2. The first-order valence-electron chi connectivity index (χ1n) is 10.5. The second kappa shape index (κ2) is 9.84. The molecule has 0 aliphatic carbocycles. The maximum absolute atomic E-state index is 13.3. The molecule has 7 heteroatoms. The average molecular weight is 451 g/mol. The molecule has 0 spiro atoms. The van der Waals surface area contributed by atoms with Gasteiger partial charge in [0.1, 0.15) is 12.4 Å². The number of anilines is 1. The molecule has 0 atom stereocenters. The Morgan fingerprint density at radius 2 is 1.85 bits per heavy atom. The van der Waals surface area contributed by atoms with E-state index in [1.807, 2.05) is 24.3 Å². The second-order valence-corrected chi connectivity index (χ2v) is 7.54. The summed E-state index contributed by atoms with van der Waals surface area (Å²) in [6.45, 7) is 0.231. The van der Waals surface area contributed by atoms with Crippen molar-refractivity contribution in [3.8, 4) is 17.6 Å². The first-order chi connectivity index (χ1) is 16.5. The molecule has 0 aliphatic rings. The molecule has 34 heavy (non-hydrogen) atoms. The molecule has 0 fully saturated rings. The number of amides is 1. The Bertz CT molecular complexity index is 1410. The summed E-state index contributed by atoms with van der Waals surface area (Å²) in [5.74, 6) is 1.02. The summed E-state index contributed by atoms with van der Waals surface area (Å²) in [6.07, 6.45) is 0.652. The van der Waals surface area contributed by atoms with Gasteiger partial charge in [0, 0.05) is 18.0 Å². The Labute approximate surface area is 196 Å². The van der Waals surface area contributed by atoms with Gasteiger partial charge in [-0.15, -0.1) is 0 Å². The zero-order valence-corrected chi connectivity index (χ0v) is 18.7. The smallest absolute Gasteiger partial charge is 0.260 e. The highest BCUT2D eigenvalue weighted by molar-refractivity contribution is 6.10. The summed E-state index contributed by atoms with van der Waals surface area (Å²) in [5.41, 5.74) is 2.56. The molecule has 4 aromatic rings. The van der Waals surface area contributed by atoms with Gasteiger partial charge in [-0.05, 0) is 48.0 Å². The van der Waals surface area contributed by atoms with Crippen LogP contribution in [-0.4, -0.2) is 31.3 Å². The van der Waals surface area contributed by atoms with E-state index in [1.54, 1.807) is 62.7 Å². The molecule has 0 aliphatic heterocycles. The van der Waals surface area contributed by atoms with Crippen molar-refractivity contribution in [3.05, 3.63) is 95.1 Å². The van der Waals surface area contributed by atoms with Crippen LogP contribution >= 0.6 is 0 Å². The Morgan fingerprint density at radius 3 is 2.56 bits per heavy atom. The third-order valence-electron chi connectivity index (χ3n) is 5.38. The maximum Gasteiger partial charge on any atom is 0.260 e. The molecule has 0 bridgehead atoms. The monoisotopic (exact) mass is 451 g/mol. The highest BCUT2D eigenvalue weighted by atomic mass is 16.5. The van der Waals surface area contributed by atoms with Crippen LogP contribution in [0.5, 0.6) is 11.5 Å². The predicted octanol–water partition coefficient (Wildman–Crippen LogP) is 4.78. The zero-order chi connectivity index (χ0) is 24.1. The number of methoxy groups -OCH3 is 1. The second-order valence-electron chi connectivity index (χ2n) is 7.54. The summed E-state index contributed by atoms with van der Waals surface area (Å²) in [6, 6.07) is 23.0. The number of hydrogen-bond acceptors (Lipinski definition) is 6. The molecule has 4 rings (SSSR count). The van der Waals surface area contributed by atoms with Crippen molar-refractivity contribution in [2.24, 2.45) is 0 Å². The van der Waals surface area contributed by atoms with Crippen molar-refractivity contribution in [2.75, 3.05) is 19.1 Å². The van der Waals surface area contributed by atoms with E-state index in [0.29, 0.717) is 39.9 Å². The Hall–Kier alpha value is -4.70. The number of fused-ring (bicyclic) bond motifs is 1. The van der Waals surface area contributed by atoms with Crippen LogP contribution in [0.2, 0.25) is 0 Å². The van der Waals surface area contributed by atoms with E-state index in [2.05, 4.69) is 11.1 Å². The number of carbonyl (C=O) groups excluding carboxylic acids is 2. The quantitative estimate of drug-likeness (QED) is 0.375. The van der Waals surface area contributed by atoms with E-state index in [0.717, 1.165) is 11.3 Å². The fourth-order valence-electron chi connectivity index (χ4n) is 3.52. The molecule has 1 amide bonds. The summed E-state index contributed by atoms with van der Waals surface area (Å²) >= 11 is 0. The van der Waals surface area contributed by atoms with Gasteiger partial charge in [-0.3, -0.25) is 14.5 Å². The van der Waals surface area contributed by atoms with Crippen molar-refractivity contribution >= 4 is 28.9 Å². The highest BCUT2D eigenvalue weighted by Gasteiger charge is 2.22. The van der Waals surface area contributed by atoms with E-state index >= 15 is 0 Å². The van der Waals surface area contributed by atoms with Crippen LogP contribution < -0.4 is 14.4 Å². The number of nitrogens with zero attached hydrogens (tertiary/aromatic N) is 3. The number of benzene rings is 3. The lowest BCUT2D eigenvalue weighted by Gasteiger charge is -2.21. The Morgan fingerprint density at radius 1 is 1.09 bits per heavy atom. The summed E-state index contributed by atoms with van der Waals surface area (Å²) in [4.78, 5) is 30.7. The number of ether oxygens (including phenoxy) is 2. The maximum atomic E-state index is 13.3. The molecule has 1 aromatic heterocycles. The first-order valence-corrected chi connectivity index (χ1v) is 10.5. The lowest BCUT2D eigenvalue weighted by molar-refractivity contribution is 0.0984. The van der Waals surface area contributed by atoms with Gasteiger partial charge in [-0.1, -0.05) is 30.3 Å². The van der Waals surface area contributed by atoms with Crippen molar-refractivity contribution in [2.45, 2.75) is 6.61 Å². The zero-order valence-electron chi connectivity index (χ0n) is 18.7. The van der Waals surface area contributed by atoms with E-state index in [-0.39, 0.29) is 12.2 Å². The first kappa shape index (κ1) is 22.5. The van der Waals surface area contributed by atoms with Crippen LogP contribution in [-0.2, 0) is 6.61 Å². The third-order valence-corrected chi connectivity index (χ3v) is 5.38. The molecule has 0 unspecified atom stereocenters. The fraction of sp³-hybridized carbons (Fsp3) is 0.111. The molecule has 0 saturated carbocycles. The van der Waals surface area contributed by atoms with Gasteiger partial charge >= 0.3 is 0 Å². The molecular formula is C27H21N3O4. The standard InChI is InChI=1S/C27H21N3O4/c1-30(27(32)23-6-4-3-5-20(23)16-31)26-25(34-17-18-7-10-22(33-2)11-8-18)14-21-13-19(15-28)9-12-24(21)29-26/h3-14,16H,17H2,1-2H3. The van der Waals surface area contributed by atoms with Gasteiger partial charge in [-0.2, -0.15) is 5.26 Å². The van der Waals surface area contributed by atoms with Crippen molar-refractivity contribution < 1.29 is 19.1 Å². The number of nitriles is 1. The van der Waals surface area contributed by atoms with Crippen molar-refractivity contribution in [1.29, 1.82) is 5.26 Å². The van der Waals surface area contributed by atoms with E-state index in [9.17, 15) is 14.9 Å². The molecular weight excluding hydrogens is 430 g/mol. The van der Waals surface area contributed by atoms with Crippen molar-refractivity contribution in [3.63, 3.8) is 0 Å². The van der Waals surface area contributed by atoms with Crippen LogP contribution in [0.3, 0.4) is 0 Å². The van der Waals surface area contributed by atoms with Crippen molar-refractivity contribution in [1.82, 2.24) is 4.98 Å². The van der Waals surface area contributed by atoms with Gasteiger partial charge < -0.3 is 9.47 Å². The minimum Gasteiger partial charge on any atom is -0.497 e. The minimum absolute atomic E-state index is 0.231. The van der Waals surface area contributed by atoms with Crippen LogP contribution in [0.25, 0.3) is 10.9 Å². The van der Waals surface area contributed by atoms with Crippen LogP contribution in [0.4, 0.5) is 5.82 Å². The minimum atomic E-state index is -0.391. The molecule has 7 nitrogen and oxygen atoms in total. The highest BCUT2D eigenvalue weighted by Crippen LogP contribution is 2.32. The molecule has 0 saturated heterocycles. The van der Waals surface area contributed by atoms with E-state index < -0.39 is 5.91 Å². The average Bonchev–Trinajstić information content (AvgIpc) is 2.90. The van der Waals surface area contributed by atoms with Crippen LogP contribution in [0.15, 0.2) is 72.8 Å². The molecule has 168 valence electrons. The topological polar surface area (TPSA) is 92.5 Å². The Kier molecular flexibility index (Phi) is 6.51. The van der Waals surface area contributed by atoms with Gasteiger partial charge in [0.05, 0.1) is 29.8 Å². The number of pyridine rings is 1. The van der Waals surface area contributed by atoms with E-state index in [4.69, 9.17) is 9.47 Å². The van der Waals surface area contributed by atoms with Crippen LogP contribution in [0, 0.1) is 11.3 Å². The normalized spacial score (nSPS) is 10.4. The molecule has 3 aromatic carbocycles. The number of aromatic nitrogens is 1. The van der Waals surface area contributed by atoms with Gasteiger partial charge in [0.15, 0.2) is 17.9 Å². The number of rotatable bonds is 7. The lowest BCUT2D eigenvalue weighted by atomic mass is 10.1. The number of aldehydes is 1. The van der Waals surface area contributed by atoms with E-state index in [1.165, 1.54) is 4.90 Å². The predicted molar refractivity (Wildman–Crippen MR) is 128 cm³/mol. The van der Waals surface area contributed by atoms with Crippen LogP contribution in [0.1, 0.15) is 31.8 Å². The largest absolute Gasteiger partial charge is 0.497 e. The SMILES string of the molecule is COc1ccc(COc2cc3cc(C#N)ccc3nc2N(C)C(=O)c2ccccc2C=O)cc1. The molecule has 0 radical (unpaired) electrons. The third kappa shape index (κ3) is 4.57. The van der Waals surface area contributed by atoms with Gasteiger partial charge in [0.25, 0.3) is 5.91 Å². The lowest BCUT2D eigenvalue weighted by Crippen LogP contribution is -2.28. The van der Waals surface area contributed by atoms with Gasteiger partial charge in [-0.25, -0.2) is 4.98 Å². The van der Waals surface area contributed by atoms with Gasteiger partial charge in [0.2, 0.25) is 0 Å². The molecule has 1 heterocycles. The summed E-state index contributed by atoms with van der Waals surface area (Å²) < 4.78 is 11.3.